The third-order valence-corrected chi connectivity index (χ3v) is 3.96. The maximum atomic E-state index is 11.8. The van der Waals surface area contributed by atoms with Gasteiger partial charge in [0.1, 0.15) is 12.2 Å². The second kappa shape index (κ2) is 11.4. The van der Waals surface area contributed by atoms with Crippen LogP contribution < -0.4 is 0 Å². The molecule has 0 amide bonds. The smallest absolute Gasteiger partial charge is 0.303 e. The third-order valence-electron chi connectivity index (χ3n) is 3.96. The Morgan fingerprint density at radius 2 is 1.68 bits per heavy atom. The second-order valence-corrected chi connectivity index (χ2v) is 6.07. The van der Waals surface area contributed by atoms with Gasteiger partial charge in [0.15, 0.2) is 5.78 Å². The molecule has 1 saturated heterocycles. The number of ketones is 1. The van der Waals surface area contributed by atoms with E-state index in [1.807, 2.05) is 6.08 Å². The molecule has 4 nitrogen and oxygen atoms in total. The van der Waals surface area contributed by atoms with Gasteiger partial charge in [-0.05, 0) is 25.7 Å². The van der Waals surface area contributed by atoms with Crippen molar-refractivity contribution in [1.82, 2.24) is 0 Å². The monoisotopic (exact) mass is 310 g/mol. The van der Waals surface area contributed by atoms with E-state index in [0.717, 1.165) is 57.8 Å². The molecule has 4 heteroatoms. The van der Waals surface area contributed by atoms with Crippen molar-refractivity contribution in [2.24, 2.45) is 0 Å². The van der Waals surface area contributed by atoms with Crippen LogP contribution in [0.3, 0.4) is 0 Å². The van der Waals surface area contributed by atoms with Gasteiger partial charge in [-0.2, -0.15) is 0 Å². The molecule has 0 aromatic heterocycles. The lowest BCUT2D eigenvalue weighted by Gasteiger charge is -1.98. The number of ether oxygens (including phenoxy) is 1. The van der Waals surface area contributed by atoms with Gasteiger partial charge in [0.2, 0.25) is 0 Å². The second-order valence-electron chi connectivity index (χ2n) is 6.07. The van der Waals surface area contributed by atoms with E-state index in [-0.39, 0.29) is 24.4 Å². The fourth-order valence-electron chi connectivity index (χ4n) is 2.52. The number of carbonyl (C=O) groups is 2. The number of hydrogen-bond acceptors (Lipinski definition) is 3. The normalized spacial score (nSPS) is 20.4. The van der Waals surface area contributed by atoms with Gasteiger partial charge in [-0.1, -0.05) is 51.2 Å². The number of hydrogen-bond donors (Lipinski definition) is 1. The molecule has 1 N–H and O–H groups in total. The molecule has 126 valence electrons. The van der Waals surface area contributed by atoms with Crippen LogP contribution in [0.5, 0.6) is 0 Å². The summed E-state index contributed by atoms with van der Waals surface area (Å²) in [5, 5.41) is 8.52. The van der Waals surface area contributed by atoms with Crippen molar-refractivity contribution in [3.05, 3.63) is 12.2 Å². The maximum absolute atomic E-state index is 11.8. The summed E-state index contributed by atoms with van der Waals surface area (Å²) in [6.07, 6.45) is 14.3. The van der Waals surface area contributed by atoms with Gasteiger partial charge < -0.3 is 9.84 Å². The number of allylic oxidation sites excluding steroid dienone is 1. The number of aliphatic carboxylic acids is 1. The molecule has 1 aliphatic rings. The maximum Gasteiger partial charge on any atom is 0.303 e. The first-order valence-electron chi connectivity index (χ1n) is 8.71. The number of carboxylic acid groups (broad SMARTS) is 1. The Balaban J connectivity index is 1.93. The first-order valence-corrected chi connectivity index (χ1v) is 8.71. The zero-order valence-corrected chi connectivity index (χ0v) is 13.8. The van der Waals surface area contributed by atoms with Crippen LogP contribution in [0.2, 0.25) is 0 Å². The zero-order chi connectivity index (χ0) is 16.2. The highest BCUT2D eigenvalue weighted by Crippen LogP contribution is 2.26. The Bertz CT molecular complexity index is 362. The van der Waals surface area contributed by atoms with Crippen LogP contribution in [0.15, 0.2) is 12.2 Å². The minimum absolute atomic E-state index is 0.0182. The fourth-order valence-corrected chi connectivity index (χ4v) is 2.52. The Hall–Kier alpha value is -1.16. The predicted octanol–water partition coefficient (Wildman–Crippen LogP) is 4.27. The molecule has 1 heterocycles. The van der Waals surface area contributed by atoms with E-state index < -0.39 is 5.97 Å². The number of epoxide rings is 1. The van der Waals surface area contributed by atoms with Gasteiger partial charge in [-0.15, -0.1) is 0 Å². The summed E-state index contributed by atoms with van der Waals surface area (Å²) in [6.45, 7) is 2.13. The van der Waals surface area contributed by atoms with E-state index in [9.17, 15) is 9.59 Å². The van der Waals surface area contributed by atoms with Crippen LogP contribution in [0.1, 0.15) is 77.6 Å². The van der Waals surface area contributed by atoms with Crippen molar-refractivity contribution in [2.45, 2.75) is 89.8 Å². The molecule has 0 aromatic carbocycles. The SMILES string of the molecule is CCCCCC(=O)C1OC1C=CCCCCCCCC(=O)O. The van der Waals surface area contributed by atoms with E-state index in [4.69, 9.17) is 9.84 Å². The van der Waals surface area contributed by atoms with Gasteiger partial charge in [0.05, 0.1) is 0 Å². The quantitative estimate of drug-likeness (QED) is 0.295. The average molecular weight is 310 g/mol. The van der Waals surface area contributed by atoms with Crippen molar-refractivity contribution in [3.8, 4) is 0 Å². The molecule has 2 atom stereocenters. The number of carbonyl (C=O) groups excluding carboxylic acids is 1. The van der Waals surface area contributed by atoms with E-state index in [2.05, 4.69) is 13.0 Å². The highest BCUT2D eigenvalue weighted by Gasteiger charge is 2.41. The van der Waals surface area contributed by atoms with Crippen LogP contribution >= 0.6 is 0 Å². The topological polar surface area (TPSA) is 66.9 Å². The number of rotatable bonds is 14. The highest BCUT2D eigenvalue weighted by molar-refractivity contribution is 5.86. The Morgan fingerprint density at radius 3 is 2.41 bits per heavy atom. The average Bonchev–Trinajstić information content (AvgIpc) is 3.25. The summed E-state index contributed by atoms with van der Waals surface area (Å²) in [5.74, 6) is -0.451. The molecule has 1 rings (SSSR count). The zero-order valence-electron chi connectivity index (χ0n) is 13.8. The highest BCUT2D eigenvalue weighted by atomic mass is 16.6. The van der Waals surface area contributed by atoms with Crippen LogP contribution in [-0.4, -0.2) is 29.1 Å². The third kappa shape index (κ3) is 8.98. The number of carboxylic acids is 1. The molecule has 1 fully saturated rings. The molecule has 22 heavy (non-hydrogen) atoms. The van der Waals surface area contributed by atoms with Crippen LogP contribution in [0, 0.1) is 0 Å². The van der Waals surface area contributed by atoms with Gasteiger partial charge in [-0.3, -0.25) is 9.59 Å². The van der Waals surface area contributed by atoms with Gasteiger partial charge in [0, 0.05) is 12.8 Å². The van der Waals surface area contributed by atoms with Gasteiger partial charge in [0.25, 0.3) is 0 Å². The molecule has 0 aromatic rings. The van der Waals surface area contributed by atoms with E-state index in [0.29, 0.717) is 6.42 Å². The fraction of sp³-hybridized carbons (Fsp3) is 0.778. The molecule has 0 saturated carbocycles. The lowest BCUT2D eigenvalue weighted by Crippen LogP contribution is -2.08. The standard InChI is InChI=1S/C18H30O4/c1-2-3-9-12-15(19)18-16(22-18)13-10-7-5-4-6-8-11-14-17(20)21/h10,13,16,18H,2-9,11-12,14H2,1H3,(H,20,21). The molecule has 0 bridgehead atoms. The summed E-state index contributed by atoms with van der Waals surface area (Å²) >= 11 is 0. The molecule has 1 aliphatic heterocycles. The summed E-state index contributed by atoms with van der Waals surface area (Å²) in [4.78, 5) is 22.1. The molecule has 2 unspecified atom stereocenters. The van der Waals surface area contributed by atoms with E-state index in [1.165, 1.54) is 0 Å². The van der Waals surface area contributed by atoms with Crippen LogP contribution in [0.4, 0.5) is 0 Å². The van der Waals surface area contributed by atoms with Crippen molar-refractivity contribution in [3.63, 3.8) is 0 Å². The van der Waals surface area contributed by atoms with Crippen molar-refractivity contribution in [2.75, 3.05) is 0 Å². The van der Waals surface area contributed by atoms with Crippen molar-refractivity contribution >= 4 is 11.8 Å². The molecule has 0 radical (unpaired) electrons. The number of Topliss-reactive ketones (excluding diaryl/α,β-unsaturated/α-hetero) is 1. The molecular formula is C18H30O4. The summed E-state index contributed by atoms with van der Waals surface area (Å²) < 4.78 is 5.40. The Morgan fingerprint density at radius 1 is 1.00 bits per heavy atom. The largest absolute Gasteiger partial charge is 0.481 e. The van der Waals surface area contributed by atoms with Crippen LogP contribution in [0.25, 0.3) is 0 Å². The Kier molecular flexibility index (Phi) is 9.80. The predicted molar refractivity (Wildman–Crippen MR) is 86.9 cm³/mol. The Labute approximate surface area is 133 Å². The first-order chi connectivity index (χ1) is 10.6. The minimum atomic E-state index is -0.703. The lowest BCUT2D eigenvalue weighted by atomic mass is 10.1. The summed E-state index contributed by atoms with van der Waals surface area (Å²) in [5.41, 5.74) is 0. The van der Waals surface area contributed by atoms with Crippen LogP contribution in [-0.2, 0) is 14.3 Å². The van der Waals surface area contributed by atoms with Crippen molar-refractivity contribution < 1.29 is 19.4 Å². The lowest BCUT2D eigenvalue weighted by molar-refractivity contribution is -0.137. The summed E-state index contributed by atoms with van der Waals surface area (Å²) in [6, 6.07) is 0. The van der Waals surface area contributed by atoms with Crippen molar-refractivity contribution in [1.29, 1.82) is 0 Å². The molecule has 0 spiro atoms. The molecular weight excluding hydrogens is 280 g/mol. The summed E-state index contributed by atoms with van der Waals surface area (Å²) in [7, 11) is 0. The first kappa shape index (κ1) is 18.9. The molecule has 0 aliphatic carbocycles. The van der Waals surface area contributed by atoms with E-state index in [1.54, 1.807) is 0 Å². The van der Waals surface area contributed by atoms with Gasteiger partial charge >= 0.3 is 5.97 Å². The minimum Gasteiger partial charge on any atom is -0.481 e. The van der Waals surface area contributed by atoms with E-state index >= 15 is 0 Å². The number of unbranched alkanes of at least 4 members (excludes halogenated alkanes) is 7. The van der Waals surface area contributed by atoms with Gasteiger partial charge in [-0.25, -0.2) is 0 Å².